The van der Waals surface area contributed by atoms with E-state index in [2.05, 4.69) is 28.8 Å². The summed E-state index contributed by atoms with van der Waals surface area (Å²) in [5.41, 5.74) is -0.598. The lowest BCUT2D eigenvalue weighted by Gasteiger charge is -2.55. The number of carbonyl (C=O) groups excluding carboxylic acids is 2. The molecule has 0 aromatic carbocycles. The van der Waals surface area contributed by atoms with Gasteiger partial charge in [-0.1, -0.05) is 0 Å². The topological polar surface area (TPSA) is 71.5 Å². The Labute approximate surface area is 193 Å². The number of rotatable bonds is 8. The van der Waals surface area contributed by atoms with Gasteiger partial charge < -0.3 is 19.1 Å². The summed E-state index contributed by atoms with van der Waals surface area (Å²) >= 11 is 0. The fourth-order valence-electron chi connectivity index (χ4n) is 4.96. The molecule has 3 fully saturated rings. The molecule has 32 heavy (non-hydrogen) atoms. The summed E-state index contributed by atoms with van der Waals surface area (Å²) < 4.78 is 18.0. The molecule has 3 aliphatic rings. The van der Waals surface area contributed by atoms with Crippen molar-refractivity contribution in [1.82, 2.24) is 14.7 Å². The van der Waals surface area contributed by atoms with Crippen LogP contribution in [-0.2, 0) is 23.8 Å². The van der Waals surface area contributed by atoms with Gasteiger partial charge in [0.2, 0.25) is 0 Å². The molecular weight excluding hydrogens is 410 g/mol. The fraction of sp³-hybridized carbons (Fsp3) is 0.917. The molecule has 1 unspecified atom stereocenters. The number of hydrogen-bond acceptors (Lipinski definition) is 8. The summed E-state index contributed by atoms with van der Waals surface area (Å²) in [5.74, 6) is -1.69. The van der Waals surface area contributed by atoms with Gasteiger partial charge in [0, 0.05) is 32.2 Å². The van der Waals surface area contributed by atoms with Gasteiger partial charge in [-0.05, 0) is 80.3 Å². The molecule has 0 aromatic rings. The van der Waals surface area contributed by atoms with Crippen LogP contribution in [0.3, 0.4) is 0 Å². The van der Waals surface area contributed by atoms with Gasteiger partial charge in [0.25, 0.3) is 5.85 Å². The van der Waals surface area contributed by atoms with E-state index in [0.29, 0.717) is 12.6 Å². The SMILES string of the molecule is CCOC(=O)[C@H]1CC[C@H](OC(C(=O)OC(C)(C)C)(N2CCCC2)N2CC(N(C)C)C2)CC1. The Morgan fingerprint density at radius 1 is 0.969 bits per heavy atom. The number of likely N-dealkylation sites (tertiary alicyclic amines) is 2. The second-order valence-electron chi connectivity index (χ2n) is 10.7. The molecular formula is C24H43N3O5. The van der Waals surface area contributed by atoms with Gasteiger partial charge in [0.05, 0.1) is 18.6 Å². The molecule has 184 valence electrons. The molecule has 3 rings (SSSR count). The van der Waals surface area contributed by atoms with Gasteiger partial charge in [0.1, 0.15) is 5.60 Å². The molecule has 0 amide bonds. The third-order valence-electron chi connectivity index (χ3n) is 6.85. The molecule has 0 aromatic heterocycles. The van der Waals surface area contributed by atoms with Crippen molar-refractivity contribution in [2.24, 2.45) is 5.92 Å². The van der Waals surface area contributed by atoms with E-state index in [1.54, 1.807) is 0 Å². The van der Waals surface area contributed by atoms with Crippen molar-refractivity contribution >= 4 is 11.9 Å². The Morgan fingerprint density at radius 3 is 2.06 bits per heavy atom. The van der Waals surface area contributed by atoms with E-state index >= 15 is 0 Å². The Kier molecular flexibility index (Phi) is 8.23. The Morgan fingerprint density at radius 2 is 1.56 bits per heavy atom. The normalized spacial score (nSPS) is 27.7. The fourth-order valence-corrected chi connectivity index (χ4v) is 4.96. The van der Waals surface area contributed by atoms with Gasteiger partial charge in [-0.15, -0.1) is 0 Å². The van der Waals surface area contributed by atoms with Crippen LogP contribution in [-0.4, -0.2) is 97.1 Å². The Balaban J connectivity index is 1.81. The number of nitrogens with zero attached hydrogens (tertiary/aromatic N) is 3. The molecule has 0 radical (unpaired) electrons. The Bertz CT molecular complexity index is 645. The molecule has 1 atom stereocenters. The van der Waals surface area contributed by atoms with E-state index in [-0.39, 0.29) is 24.0 Å². The van der Waals surface area contributed by atoms with Gasteiger partial charge in [0.15, 0.2) is 0 Å². The molecule has 1 aliphatic carbocycles. The quantitative estimate of drug-likeness (QED) is 0.519. The van der Waals surface area contributed by atoms with E-state index < -0.39 is 11.4 Å². The number of carbonyl (C=O) groups is 2. The average molecular weight is 454 g/mol. The average Bonchev–Trinajstić information content (AvgIpc) is 3.20. The molecule has 2 heterocycles. The number of hydrogen-bond donors (Lipinski definition) is 0. The Hall–Kier alpha value is -1.22. The molecule has 8 nitrogen and oxygen atoms in total. The van der Waals surface area contributed by atoms with Crippen molar-refractivity contribution in [2.75, 3.05) is 46.9 Å². The van der Waals surface area contributed by atoms with Crippen molar-refractivity contribution < 1.29 is 23.8 Å². The highest BCUT2D eigenvalue weighted by atomic mass is 16.6. The summed E-state index contributed by atoms with van der Waals surface area (Å²) in [5, 5.41) is 0. The number of likely N-dealkylation sites (N-methyl/N-ethyl adjacent to an activating group) is 1. The first kappa shape index (κ1) is 25.4. The predicted octanol–water partition coefficient (Wildman–Crippen LogP) is 2.46. The van der Waals surface area contributed by atoms with E-state index in [1.807, 2.05) is 27.7 Å². The van der Waals surface area contributed by atoms with Crippen LogP contribution in [0.2, 0.25) is 0 Å². The lowest BCUT2D eigenvalue weighted by atomic mass is 9.87. The largest absolute Gasteiger partial charge is 0.466 e. The smallest absolute Gasteiger partial charge is 0.371 e. The standard InChI is InChI=1S/C24H43N3O5/c1-7-30-21(28)18-10-12-20(13-11-18)31-24(26-14-8-9-15-26,22(29)32-23(2,3)4)27-16-19(17-27)25(5)6/h18-20H,7-17H2,1-6H3/t18-,20-,24?. The van der Waals surface area contributed by atoms with Crippen LogP contribution in [0.1, 0.15) is 66.2 Å². The van der Waals surface area contributed by atoms with Crippen molar-refractivity contribution in [3.05, 3.63) is 0 Å². The van der Waals surface area contributed by atoms with E-state index in [9.17, 15) is 9.59 Å². The molecule has 0 bridgehead atoms. The first-order valence-electron chi connectivity index (χ1n) is 12.3. The van der Waals surface area contributed by atoms with Crippen LogP contribution in [0.5, 0.6) is 0 Å². The van der Waals surface area contributed by atoms with Gasteiger partial charge in [-0.3, -0.25) is 9.69 Å². The maximum absolute atomic E-state index is 13.8. The van der Waals surface area contributed by atoms with E-state index in [4.69, 9.17) is 14.2 Å². The summed E-state index contributed by atoms with van der Waals surface area (Å²) in [6.07, 6.45) is 4.96. The summed E-state index contributed by atoms with van der Waals surface area (Å²) in [7, 11) is 4.15. The van der Waals surface area contributed by atoms with Crippen LogP contribution in [0.4, 0.5) is 0 Å². The zero-order valence-electron chi connectivity index (χ0n) is 20.9. The van der Waals surface area contributed by atoms with Crippen LogP contribution in [0.25, 0.3) is 0 Å². The first-order chi connectivity index (χ1) is 15.1. The third kappa shape index (κ3) is 5.64. The highest BCUT2D eigenvalue weighted by Crippen LogP contribution is 2.38. The highest BCUT2D eigenvalue weighted by molar-refractivity contribution is 5.79. The van der Waals surface area contributed by atoms with Crippen LogP contribution < -0.4 is 0 Å². The summed E-state index contributed by atoms with van der Waals surface area (Å²) in [6, 6.07) is 0.391. The zero-order valence-corrected chi connectivity index (χ0v) is 20.9. The molecule has 0 spiro atoms. The minimum Gasteiger partial charge on any atom is -0.466 e. The van der Waals surface area contributed by atoms with E-state index in [1.165, 1.54) is 0 Å². The second-order valence-corrected chi connectivity index (χ2v) is 10.7. The van der Waals surface area contributed by atoms with Gasteiger partial charge >= 0.3 is 11.9 Å². The van der Waals surface area contributed by atoms with Crippen molar-refractivity contribution in [1.29, 1.82) is 0 Å². The first-order valence-corrected chi connectivity index (χ1v) is 12.3. The second kappa shape index (κ2) is 10.4. The predicted molar refractivity (Wildman–Crippen MR) is 122 cm³/mol. The maximum Gasteiger partial charge on any atom is 0.371 e. The summed E-state index contributed by atoms with van der Waals surface area (Å²) in [6.45, 7) is 11.1. The lowest BCUT2D eigenvalue weighted by molar-refractivity contribution is -0.294. The third-order valence-corrected chi connectivity index (χ3v) is 6.85. The molecule has 0 N–H and O–H groups in total. The molecule has 8 heteroatoms. The van der Waals surface area contributed by atoms with Crippen LogP contribution >= 0.6 is 0 Å². The highest BCUT2D eigenvalue weighted by Gasteiger charge is 2.58. The van der Waals surface area contributed by atoms with Crippen molar-refractivity contribution in [3.8, 4) is 0 Å². The molecule has 1 saturated carbocycles. The zero-order chi connectivity index (χ0) is 23.5. The van der Waals surface area contributed by atoms with Gasteiger partial charge in [-0.2, -0.15) is 0 Å². The van der Waals surface area contributed by atoms with Gasteiger partial charge in [-0.25, -0.2) is 9.69 Å². The maximum atomic E-state index is 13.8. The van der Waals surface area contributed by atoms with Crippen LogP contribution in [0.15, 0.2) is 0 Å². The van der Waals surface area contributed by atoms with Crippen LogP contribution in [0, 0.1) is 5.92 Å². The minimum atomic E-state index is -1.20. The lowest BCUT2D eigenvalue weighted by Crippen LogP contribution is -2.76. The molecule has 2 saturated heterocycles. The minimum absolute atomic E-state index is 0.0698. The van der Waals surface area contributed by atoms with Crippen molar-refractivity contribution in [2.45, 2.75) is 89.8 Å². The van der Waals surface area contributed by atoms with Crippen molar-refractivity contribution in [3.63, 3.8) is 0 Å². The monoisotopic (exact) mass is 453 g/mol. The summed E-state index contributed by atoms with van der Waals surface area (Å²) in [4.78, 5) is 32.5. The number of esters is 2. The number of ether oxygens (including phenoxy) is 3. The van der Waals surface area contributed by atoms with E-state index in [0.717, 1.165) is 64.7 Å². The molecule has 2 aliphatic heterocycles.